The second-order valence-electron chi connectivity index (χ2n) is 6.26. The monoisotopic (exact) mass is 383 g/mol. The summed E-state index contributed by atoms with van der Waals surface area (Å²) < 4.78 is 13.3. The number of halogens is 1. The van der Waals surface area contributed by atoms with Gasteiger partial charge in [0.25, 0.3) is 0 Å². The number of amides is 1. The van der Waals surface area contributed by atoms with Gasteiger partial charge in [-0.15, -0.1) is 11.3 Å². The number of carboxylic acid groups (broad SMARTS) is 1. The fraction of sp³-hybridized carbons (Fsp3) is 0.100. The van der Waals surface area contributed by atoms with Crippen LogP contribution in [0.1, 0.15) is 32.5 Å². The predicted octanol–water partition coefficient (Wildman–Crippen LogP) is 4.43. The Kier molecular flexibility index (Phi) is 4.16. The van der Waals surface area contributed by atoms with Crippen molar-refractivity contribution in [2.45, 2.75) is 12.3 Å². The van der Waals surface area contributed by atoms with Gasteiger partial charge in [-0.25, -0.2) is 9.18 Å². The van der Waals surface area contributed by atoms with Crippen LogP contribution in [0.15, 0.2) is 48.5 Å². The predicted molar refractivity (Wildman–Crippen MR) is 99.9 cm³/mol. The minimum absolute atomic E-state index is 0.0776. The number of nitrogens with one attached hydrogen (secondary N) is 1. The van der Waals surface area contributed by atoms with Gasteiger partial charge in [-0.05, 0) is 35.4 Å². The largest absolute Gasteiger partial charge is 0.508 e. The molecule has 7 heteroatoms. The lowest BCUT2D eigenvalue weighted by Crippen LogP contribution is -2.22. The van der Waals surface area contributed by atoms with E-state index in [2.05, 4.69) is 5.32 Å². The van der Waals surface area contributed by atoms with Gasteiger partial charge in [-0.1, -0.05) is 24.3 Å². The maximum absolute atomic E-state index is 13.3. The second kappa shape index (κ2) is 6.51. The van der Waals surface area contributed by atoms with E-state index in [1.165, 1.54) is 30.3 Å². The molecule has 136 valence electrons. The molecule has 4 rings (SSSR count). The van der Waals surface area contributed by atoms with Crippen LogP contribution >= 0.6 is 11.3 Å². The number of thiophene rings is 1. The van der Waals surface area contributed by atoms with E-state index in [1.807, 2.05) is 0 Å². The van der Waals surface area contributed by atoms with Crippen LogP contribution in [0.2, 0.25) is 0 Å². The molecule has 3 aromatic rings. The molecule has 1 amide bonds. The van der Waals surface area contributed by atoms with Crippen molar-refractivity contribution >= 4 is 28.9 Å². The minimum atomic E-state index is -1.11. The van der Waals surface area contributed by atoms with Gasteiger partial charge in [0, 0.05) is 22.8 Å². The fourth-order valence-corrected chi connectivity index (χ4v) is 4.59. The van der Waals surface area contributed by atoms with Crippen LogP contribution in [0.5, 0.6) is 5.75 Å². The molecule has 5 nitrogen and oxygen atoms in total. The lowest BCUT2D eigenvalue weighted by atomic mass is 9.88. The van der Waals surface area contributed by atoms with Crippen molar-refractivity contribution in [1.82, 2.24) is 0 Å². The fourth-order valence-electron chi connectivity index (χ4n) is 3.34. The molecule has 1 aliphatic rings. The first-order chi connectivity index (χ1) is 12.9. The molecular formula is C20H14FNO4S. The topological polar surface area (TPSA) is 86.6 Å². The minimum Gasteiger partial charge on any atom is -0.508 e. The summed E-state index contributed by atoms with van der Waals surface area (Å²) in [4.78, 5) is 25.0. The number of carboxylic acids is 1. The van der Waals surface area contributed by atoms with Crippen LogP contribution in [-0.2, 0) is 4.79 Å². The summed E-state index contributed by atoms with van der Waals surface area (Å²) in [6.07, 6.45) is 0.152. The number of carbonyl (C=O) groups is 2. The number of carbonyl (C=O) groups excluding carboxylic acids is 1. The van der Waals surface area contributed by atoms with Crippen molar-refractivity contribution in [3.05, 3.63) is 69.7 Å². The molecule has 0 radical (unpaired) electrons. The van der Waals surface area contributed by atoms with E-state index in [9.17, 15) is 24.2 Å². The molecule has 0 aliphatic carbocycles. The van der Waals surface area contributed by atoms with Gasteiger partial charge >= 0.3 is 5.97 Å². The number of fused-ring (bicyclic) bond motifs is 1. The summed E-state index contributed by atoms with van der Waals surface area (Å²) in [6, 6.07) is 12.1. The molecule has 0 saturated heterocycles. The maximum atomic E-state index is 13.3. The summed E-state index contributed by atoms with van der Waals surface area (Å²) in [5.41, 5.74) is 2.06. The molecule has 0 fully saturated rings. The van der Waals surface area contributed by atoms with E-state index < -0.39 is 11.8 Å². The Balaban J connectivity index is 1.94. The highest BCUT2D eigenvalue weighted by atomic mass is 32.1. The zero-order valence-electron chi connectivity index (χ0n) is 13.9. The third kappa shape index (κ3) is 3.06. The number of phenols is 1. The Morgan fingerprint density at radius 2 is 1.93 bits per heavy atom. The van der Waals surface area contributed by atoms with Crippen molar-refractivity contribution in [2.24, 2.45) is 0 Å². The van der Waals surface area contributed by atoms with E-state index in [4.69, 9.17) is 0 Å². The number of anilines is 1. The van der Waals surface area contributed by atoms with Crippen LogP contribution in [0.4, 0.5) is 10.1 Å². The first kappa shape index (κ1) is 17.2. The summed E-state index contributed by atoms with van der Waals surface area (Å²) in [5, 5.41) is 22.2. The van der Waals surface area contributed by atoms with Crippen LogP contribution in [0, 0.1) is 5.82 Å². The lowest BCUT2D eigenvalue weighted by molar-refractivity contribution is -0.116. The van der Waals surface area contributed by atoms with Gasteiger partial charge in [-0.2, -0.15) is 0 Å². The quantitative estimate of drug-likeness (QED) is 0.624. The van der Waals surface area contributed by atoms with E-state index in [0.29, 0.717) is 21.7 Å². The lowest BCUT2D eigenvalue weighted by Gasteiger charge is -2.24. The van der Waals surface area contributed by atoms with Crippen LogP contribution in [0.3, 0.4) is 0 Å². The number of phenolic OH excluding ortho intramolecular Hbond substituents is 1. The number of aromatic carboxylic acids is 1. The molecule has 3 N–H and O–H groups in total. The summed E-state index contributed by atoms with van der Waals surface area (Å²) in [7, 11) is 0. The average molecular weight is 383 g/mol. The van der Waals surface area contributed by atoms with Crippen LogP contribution < -0.4 is 5.32 Å². The SMILES string of the molecule is O=C1C[C@H](c2cccc(O)c2)c2sc(C(=O)O)c(-c3ccc(F)cc3)c2N1. The number of benzene rings is 2. The normalized spacial score (nSPS) is 15.9. The number of aromatic hydroxyl groups is 1. The molecule has 2 aromatic carbocycles. The highest BCUT2D eigenvalue weighted by Gasteiger charge is 2.34. The highest BCUT2D eigenvalue weighted by Crippen LogP contribution is 2.49. The maximum Gasteiger partial charge on any atom is 0.346 e. The average Bonchev–Trinajstić information content (AvgIpc) is 3.01. The molecule has 1 aliphatic heterocycles. The van der Waals surface area contributed by atoms with Crippen LogP contribution in [0.25, 0.3) is 11.1 Å². The zero-order valence-corrected chi connectivity index (χ0v) is 14.7. The smallest absolute Gasteiger partial charge is 0.346 e. The molecule has 1 aromatic heterocycles. The summed E-state index contributed by atoms with van der Waals surface area (Å²) in [6.45, 7) is 0. The first-order valence-corrected chi connectivity index (χ1v) is 9.00. The molecule has 0 spiro atoms. The highest BCUT2D eigenvalue weighted by molar-refractivity contribution is 7.15. The van der Waals surface area contributed by atoms with E-state index in [0.717, 1.165) is 16.9 Å². The van der Waals surface area contributed by atoms with Crippen molar-refractivity contribution < 1.29 is 24.2 Å². The first-order valence-electron chi connectivity index (χ1n) is 8.18. The molecule has 0 bridgehead atoms. The summed E-state index contributed by atoms with van der Waals surface area (Å²) in [5.74, 6) is -2.07. The summed E-state index contributed by atoms with van der Waals surface area (Å²) >= 11 is 1.09. The standard InChI is InChI=1S/C20H14FNO4S/c21-12-6-4-10(5-7-12)16-17-18(27-19(16)20(25)26)14(9-15(24)22-17)11-2-1-3-13(23)8-11/h1-8,14,23H,9H2,(H,22,24)(H,25,26)/t14-/m1/s1. The van der Waals surface area contributed by atoms with Gasteiger partial charge in [0.2, 0.25) is 5.91 Å². The Morgan fingerprint density at radius 3 is 2.59 bits per heavy atom. The number of hydrogen-bond donors (Lipinski definition) is 3. The third-order valence-corrected chi connectivity index (χ3v) is 5.80. The van der Waals surface area contributed by atoms with Crippen molar-refractivity contribution in [3.63, 3.8) is 0 Å². The molecular weight excluding hydrogens is 369 g/mol. The van der Waals surface area contributed by atoms with Gasteiger partial charge in [-0.3, -0.25) is 4.79 Å². The van der Waals surface area contributed by atoms with Gasteiger partial charge in [0.05, 0.1) is 5.69 Å². The van der Waals surface area contributed by atoms with E-state index in [-0.39, 0.29) is 28.9 Å². The zero-order chi connectivity index (χ0) is 19.1. The Hall–Kier alpha value is -3.19. The van der Waals surface area contributed by atoms with E-state index in [1.54, 1.807) is 18.2 Å². The van der Waals surface area contributed by atoms with Crippen molar-refractivity contribution in [1.29, 1.82) is 0 Å². The van der Waals surface area contributed by atoms with Crippen molar-refractivity contribution in [2.75, 3.05) is 5.32 Å². The van der Waals surface area contributed by atoms with Crippen LogP contribution in [-0.4, -0.2) is 22.1 Å². The molecule has 0 unspecified atom stereocenters. The molecule has 2 heterocycles. The molecule has 0 saturated carbocycles. The third-order valence-electron chi connectivity index (χ3n) is 4.51. The molecule has 27 heavy (non-hydrogen) atoms. The number of rotatable bonds is 3. The van der Waals surface area contributed by atoms with Gasteiger partial charge in [0.15, 0.2) is 0 Å². The van der Waals surface area contributed by atoms with Gasteiger partial charge in [0.1, 0.15) is 16.4 Å². The Bertz CT molecular complexity index is 1060. The van der Waals surface area contributed by atoms with Gasteiger partial charge < -0.3 is 15.5 Å². The Morgan fingerprint density at radius 1 is 1.19 bits per heavy atom. The van der Waals surface area contributed by atoms with E-state index >= 15 is 0 Å². The number of hydrogen-bond acceptors (Lipinski definition) is 4. The second-order valence-corrected chi connectivity index (χ2v) is 7.31. The Labute approximate surface area is 157 Å². The molecule has 1 atom stereocenters. The van der Waals surface area contributed by atoms with Crippen molar-refractivity contribution in [3.8, 4) is 16.9 Å².